The third-order valence-electron chi connectivity index (χ3n) is 4.84. The summed E-state index contributed by atoms with van der Waals surface area (Å²) in [5.74, 6) is 0.808. The molecule has 172 valence electrons. The first kappa shape index (κ1) is 24.5. The number of guanidine groups is 1. The number of carbonyl (C=O) groups is 2. The highest BCUT2D eigenvalue weighted by molar-refractivity contribution is 5.94. The van der Waals surface area contributed by atoms with Gasteiger partial charge in [-0.3, -0.25) is 9.79 Å². The number of ether oxygens (including phenoxy) is 1. The lowest BCUT2D eigenvalue weighted by Crippen LogP contribution is -2.39. The van der Waals surface area contributed by atoms with E-state index < -0.39 is 11.7 Å². The minimum absolute atomic E-state index is 0.122. The van der Waals surface area contributed by atoms with Crippen LogP contribution in [0.3, 0.4) is 0 Å². The van der Waals surface area contributed by atoms with Gasteiger partial charge in [0, 0.05) is 45.3 Å². The summed E-state index contributed by atoms with van der Waals surface area (Å²) in [6.45, 7) is 9.02. The van der Waals surface area contributed by atoms with Crippen LogP contribution < -0.4 is 16.0 Å². The molecule has 0 saturated carbocycles. The zero-order valence-electron chi connectivity index (χ0n) is 19.3. The van der Waals surface area contributed by atoms with Gasteiger partial charge < -0.3 is 25.6 Å². The third-order valence-corrected chi connectivity index (χ3v) is 4.84. The van der Waals surface area contributed by atoms with Crippen LogP contribution in [0.4, 0.5) is 4.79 Å². The molecule has 1 heterocycles. The molecule has 0 atom stereocenters. The molecule has 0 radical (unpaired) electrons. The average Bonchev–Trinajstić information content (AvgIpc) is 2.75. The van der Waals surface area contributed by atoms with Gasteiger partial charge in [0.2, 0.25) is 0 Å². The highest BCUT2D eigenvalue weighted by atomic mass is 16.6. The van der Waals surface area contributed by atoms with E-state index in [9.17, 15) is 9.59 Å². The average molecular weight is 432 g/mol. The topological polar surface area (TPSA) is 95.1 Å². The number of amides is 2. The largest absolute Gasteiger partial charge is 0.444 e. The Morgan fingerprint density at radius 1 is 1.00 bits per heavy atom. The Balaban J connectivity index is 1.67. The van der Waals surface area contributed by atoms with Crippen molar-refractivity contribution < 1.29 is 14.3 Å². The maximum Gasteiger partial charge on any atom is 0.407 e. The standard InChI is InChI=1S/C23H37N5O3/c1-23(2,3)31-22(30)26-14-8-13-25-21(24-4)27-17-18-9-11-19(12-10-18)20(29)28-15-6-5-7-16-28/h9-12H,5-8,13-17H2,1-4H3,(H,26,30)(H2,24,25,27). The lowest BCUT2D eigenvalue weighted by molar-refractivity contribution is 0.0527. The van der Waals surface area contributed by atoms with E-state index in [-0.39, 0.29) is 5.91 Å². The van der Waals surface area contributed by atoms with Gasteiger partial charge in [-0.05, 0) is 64.2 Å². The zero-order valence-corrected chi connectivity index (χ0v) is 19.3. The van der Waals surface area contributed by atoms with Gasteiger partial charge in [0.1, 0.15) is 5.60 Å². The number of hydrogen-bond acceptors (Lipinski definition) is 4. The van der Waals surface area contributed by atoms with Crippen molar-refractivity contribution in [1.82, 2.24) is 20.9 Å². The number of benzene rings is 1. The molecule has 0 unspecified atom stereocenters. The lowest BCUT2D eigenvalue weighted by Gasteiger charge is -2.26. The third kappa shape index (κ3) is 9.27. The number of hydrogen-bond donors (Lipinski definition) is 3. The molecule has 0 aliphatic carbocycles. The molecule has 1 aromatic rings. The number of likely N-dealkylation sites (tertiary alicyclic amines) is 1. The van der Waals surface area contributed by atoms with E-state index in [2.05, 4.69) is 20.9 Å². The van der Waals surface area contributed by atoms with Crippen LogP contribution in [0.1, 0.15) is 62.4 Å². The van der Waals surface area contributed by atoms with Crippen LogP contribution in [-0.4, -0.2) is 61.7 Å². The Bertz CT molecular complexity index is 735. The van der Waals surface area contributed by atoms with E-state index >= 15 is 0 Å². The number of piperidine rings is 1. The van der Waals surface area contributed by atoms with E-state index in [1.165, 1.54) is 6.42 Å². The van der Waals surface area contributed by atoms with Gasteiger partial charge in [0.05, 0.1) is 0 Å². The Kier molecular flexibility index (Phi) is 9.62. The molecule has 2 rings (SSSR count). The van der Waals surface area contributed by atoms with Gasteiger partial charge in [-0.25, -0.2) is 4.79 Å². The fraction of sp³-hybridized carbons (Fsp3) is 0.609. The molecule has 8 heteroatoms. The van der Waals surface area contributed by atoms with Crippen molar-refractivity contribution in [2.24, 2.45) is 4.99 Å². The summed E-state index contributed by atoms with van der Waals surface area (Å²) < 4.78 is 5.20. The number of nitrogens with zero attached hydrogens (tertiary/aromatic N) is 2. The van der Waals surface area contributed by atoms with Crippen LogP contribution in [0.15, 0.2) is 29.3 Å². The van der Waals surface area contributed by atoms with Crippen LogP contribution in [0.5, 0.6) is 0 Å². The minimum Gasteiger partial charge on any atom is -0.444 e. The van der Waals surface area contributed by atoms with E-state index in [0.29, 0.717) is 25.6 Å². The molecule has 1 saturated heterocycles. The van der Waals surface area contributed by atoms with Crippen molar-refractivity contribution >= 4 is 18.0 Å². The molecule has 31 heavy (non-hydrogen) atoms. The molecule has 0 aromatic heterocycles. The second kappa shape index (κ2) is 12.2. The summed E-state index contributed by atoms with van der Waals surface area (Å²) in [7, 11) is 1.72. The van der Waals surface area contributed by atoms with Gasteiger partial charge in [-0.1, -0.05) is 12.1 Å². The van der Waals surface area contributed by atoms with Crippen molar-refractivity contribution in [3.8, 4) is 0 Å². The maximum absolute atomic E-state index is 12.6. The van der Waals surface area contributed by atoms with E-state index in [1.807, 2.05) is 49.9 Å². The van der Waals surface area contributed by atoms with Gasteiger partial charge >= 0.3 is 6.09 Å². The summed E-state index contributed by atoms with van der Waals surface area (Å²) in [4.78, 5) is 30.3. The Hall–Kier alpha value is -2.77. The Morgan fingerprint density at radius 3 is 2.26 bits per heavy atom. The van der Waals surface area contributed by atoms with Crippen LogP contribution >= 0.6 is 0 Å². The molecule has 0 bridgehead atoms. The molecule has 0 spiro atoms. The summed E-state index contributed by atoms with van der Waals surface area (Å²) in [6.07, 6.45) is 3.74. The molecular formula is C23H37N5O3. The molecule has 1 aliphatic heterocycles. The molecule has 1 aromatic carbocycles. The first-order chi connectivity index (χ1) is 14.8. The molecular weight excluding hydrogens is 394 g/mol. The molecule has 3 N–H and O–H groups in total. The fourth-order valence-corrected chi connectivity index (χ4v) is 3.25. The summed E-state index contributed by atoms with van der Waals surface area (Å²) in [5.41, 5.74) is 1.32. The number of rotatable bonds is 7. The summed E-state index contributed by atoms with van der Waals surface area (Å²) >= 11 is 0. The zero-order chi connectivity index (χ0) is 22.7. The number of aliphatic imine (C=N–C) groups is 1. The second-order valence-electron chi connectivity index (χ2n) is 8.68. The number of alkyl carbamates (subject to hydrolysis) is 1. The van der Waals surface area contributed by atoms with E-state index in [0.717, 1.165) is 43.5 Å². The first-order valence-electron chi connectivity index (χ1n) is 11.1. The molecule has 1 aliphatic rings. The van der Waals surface area contributed by atoms with E-state index in [1.54, 1.807) is 7.05 Å². The fourth-order valence-electron chi connectivity index (χ4n) is 3.25. The van der Waals surface area contributed by atoms with Crippen molar-refractivity contribution in [3.63, 3.8) is 0 Å². The van der Waals surface area contributed by atoms with Gasteiger partial charge in [-0.15, -0.1) is 0 Å². The number of nitrogens with one attached hydrogen (secondary N) is 3. The van der Waals surface area contributed by atoms with Crippen molar-refractivity contribution in [1.29, 1.82) is 0 Å². The summed E-state index contributed by atoms with van der Waals surface area (Å²) in [5, 5.41) is 9.21. The first-order valence-corrected chi connectivity index (χ1v) is 11.1. The van der Waals surface area contributed by atoms with Crippen LogP contribution in [0, 0.1) is 0 Å². The van der Waals surface area contributed by atoms with Gasteiger partial charge in [0.15, 0.2) is 5.96 Å². The van der Waals surface area contributed by atoms with Gasteiger partial charge in [-0.2, -0.15) is 0 Å². The Labute approximate surface area is 185 Å². The normalized spacial score (nSPS) is 14.7. The van der Waals surface area contributed by atoms with Crippen LogP contribution in [-0.2, 0) is 11.3 Å². The predicted molar refractivity (Wildman–Crippen MR) is 123 cm³/mol. The molecule has 2 amide bonds. The van der Waals surface area contributed by atoms with Crippen LogP contribution in [0.25, 0.3) is 0 Å². The minimum atomic E-state index is -0.493. The highest BCUT2D eigenvalue weighted by Crippen LogP contribution is 2.14. The van der Waals surface area contributed by atoms with Crippen molar-refractivity contribution in [2.75, 3.05) is 33.2 Å². The molecule has 8 nitrogen and oxygen atoms in total. The highest BCUT2D eigenvalue weighted by Gasteiger charge is 2.18. The van der Waals surface area contributed by atoms with Gasteiger partial charge in [0.25, 0.3) is 5.91 Å². The maximum atomic E-state index is 12.6. The van der Waals surface area contributed by atoms with Crippen molar-refractivity contribution in [3.05, 3.63) is 35.4 Å². The monoisotopic (exact) mass is 431 g/mol. The second-order valence-corrected chi connectivity index (χ2v) is 8.68. The number of carbonyl (C=O) groups excluding carboxylic acids is 2. The van der Waals surface area contributed by atoms with Crippen molar-refractivity contribution in [2.45, 2.75) is 58.6 Å². The lowest BCUT2D eigenvalue weighted by atomic mass is 10.1. The smallest absolute Gasteiger partial charge is 0.407 e. The van der Waals surface area contributed by atoms with E-state index in [4.69, 9.17) is 4.74 Å². The SMILES string of the molecule is CN=C(NCCCNC(=O)OC(C)(C)C)NCc1ccc(C(=O)N2CCCCC2)cc1. The Morgan fingerprint density at radius 2 is 1.65 bits per heavy atom. The predicted octanol–water partition coefficient (Wildman–Crippen LogP) is 2.89. The van der Waals surface area contributed by atoms with Crippen LogP contribution in [0.2, 0.25) is 0 Å². The quantitative estimate of drug-likeness (QED) is 0.351. The molecule has 1 fully saturated rings. The summed E-state index contributed by atoms with van der Waals surface area (Å²) in [6, 6.07) is 7.74.